The lowest BCUT2D eigenvalue weighted by atomic mass is 10.1. The van der Waals surface area contributed by atoms with E-state index in [1.807, 2.05) is 11.8 Å². The molecule has 1 unspecified atom stereocenters. The van der Waals surface area contributed by atoms with Gasteiger partial charge in [-0.15, -0.1) is 0 Å². The minimum atomic E-state index is -0.523. The Morgan fingerprint density at radius 2 is 1.82 bits per heavy atom. The molecule has 2 aromatic rings. The molecule has 0 radical (unpaired) electrons. The molecule has 2 heterocycles. The largest absolute Gasteiger partial charge is 0.390 e. The van der Waals surface area contributed by atoms with Crippen LogP contribution in [0.2, 0.25) is 0 Å². The Balaban J connectivity index is 1.61. The van der Waals surface area contributed by atoms with E-state index in [2.05, 4.69) is 41.2 Å². The molecule has 1 amide bonds. The molecule has 1 saturated heterocycles. The number of benzene rings is 1. The molecular formula is C20H27N5O3. The monoisotopic (exact) mass is 385 g/mol. The molecule has 1 aliphatic rings. The Bertz CT molecular complexity index is 838. The lowest BCUT2D eigenvalue weighted by Gasteiger charge is -2.36. The van der Waals surface area contributed by atoms with E-state index >= 15 is 0 Å². The van der Waals surface area contributed by atoms with E-state index in [1.165, 1.54) is 21.9 Å². The van der Waals surface area contributed by atoms with Crippen LogP contribution in [0.3, 0.4) is 0 Å². The van der Waals surface area contributed by atoms with Crippen molar-refractivity contribution in [2.75, 3.05) is 26.2 Å². The molecule has 1 aromatic carbocycles. The van der Waals surface area contributed by atoms with Gasteiger partial charge in [0.2, 0.25) is 5.91 Å². The molecule has 1 aliphatic heterocycles. The molecule has 1 aromatic heterocycles. The fraction of sp³-hybridized carbons (Fsp3) is 0.500. The molecule has 8 nitrogen and oxygen atoms in total. The third kappa shape index (κ3) is 4.39. The van der Waals surface area contributed by atoms with E-state index in [0.29, 0.717) is 25.2 Å². The van der Waals surface area contributed by atoms with Crippen molar-refractivity contribution >= 4 is 11.7 Å². The minimum absolute atomic E-state index is 0.0152. The van der Waals surface area contributed by atoms with Gasteiger partial charge in [0.25, 0.3) is 0 Å². The van der Waals surface area contributed by atoms with Crippen molar-refractivity contribution in [3.05, 3.63) is 57.3 Å². The molecule has 150 valence electrons. The Hall–Kier alpha value is -2.74. The summed E-state index contributed by atoms with van der Waals surface area (Å²) in [5.74, 6) is -0.231. The number of hydrogen-bond donors (Lipinski definition) is 0. The summed E-state index contributed by atoms with van der Waals surface area (Å²) in [4.78, 5) is 27.7. The zero-order chi connectivity index (χ0) is 20.3. The molecular weight excluding hydrogens is 358 g/mol. The van der Waals surface area contributed by atoms with Gasteiger partial charge in [-0.1, -0.05) is 36.8 Å². The Morgan fingerprint density at radius 1 is 1.18 bits per heavy atom. The van der Waals surface area contributed by atoms with Gasteiger partial charge >= 0.3 is 5.82 Å². The zero-order valence-corrected chi connectivity index (χ0v) is 16.7. The van der Waals surface area contributed by atoms with Gasteiger partial charge in [0.15, 0.2) is 6.04 Å². The van der Waals surface area contributed by atoms with Gasteiger partial charge in [-0.2, -0.15) is 4.68 Å². The highest BCUT2D eigenvalue weighted by Gasteiger charge is 2.32. The highest BCUT2D eigenvalue weighted by Crippen LogP contribution is 2.21. The topological polar surface area (TPSA) is 84.5 Å². The second-order valence-corrected chi connectivity index (χ2v) is 7.36. The summed E-state index contributed by atoms with van der Waals surface area (Å²) in [6.07, 6.45) is 0.544. The molecule has 0 bridgehead atoms. The van der Waals surface area contributed by atoms with E-state index in [9.17, 15) is 14.9 Å². The summed E-state index contributed by atoms with van der Waals surface area (Å²) in [5.41, 5.74) is 3.15. The number of nitro groups is 1. The van der Waals surface area contributed by atoms with Crippen molar-refractivity contribution in [1.29, 1.82) is 0 Å². The summed E-state index contributed by atoms with van der Waals surface area (Å²) in [6.45, 7) is 9.55. The van der Waals surface area contributed by atoms with Crippen LogP contribution >= 0.6 is 0 Å². The molecule has 0 N–H and O–H groups in total. The summed E-state index contributed by atoms with van der Waals surface area (Å²) >= 11 is 0. The molecule has 1 fully saturated rings. The van der Waals surface area contributed by atoms with Crippen molar-refractivity contribution in [3.63, 3.8) is 0 Å². The number of piperazine rings is 1. The smallest absolute Gasteiger partial charge is 0.358 e. The number of rotatable bonds is 6. The minimum Gasteiger partial charge on any atom is -0.358 e. The number of aryl methyl sites for hydroxylation is 2. The first-order chi connectivity index (χ1) is 13.4. The summed E-state index contributed by atoms with van der Waals surface area (Å²) in [5, 5.41) is 15.0. The summed E-state index contributed by atoms with van der Waals surface area (Å²) < 4.78 is 1.50. The third-order valence-electron chi connectivity index (χ3n) is 5.27. The van der Waals surface area contributed by atoms with Gasteiger partial charge in [0, 0.05) is 32.7 Å². The van der Waals surface area contributed by atoms with Crippen molar-refractivity contribution in [2.24, 2.45) is 0 Å². The lowest BCUT2D eigenvalue weighted by molar-refractivity contribution is -0.389. The van der Waals surface area contributed by atoms with E-state index in [4.69, 9.17) is 0 Å². The first-order valence-electron chi connectivity index (χ1n) is 9.66. The van der Waals surface area contributed by atoms with Crippen molar-refractivity contribution in [1.82, 2.24) is 19.6 Å². The molecule has 8 heteroatoms. The highest BCUT2D eigenvalue weighted by atomic mass is 16.6. The van der Waals surface area contributed by atoms with Crippen LogP contribution in [0.5, 0.6) is 0 Å². The van der Waals surface area contributed by atoms with Crippen LogP contribution in [-0.4, -0.2) is 56.6 Å². The highest BCUT2D eigenvalue weighted by molar-refractivity contribution is 5.80. The predicted molar refractivity (Wildman–Crippen MR) is 106 cm³/mol. The Morgan fingerprint density at radius 3 is 2.36 bits per heavy atom. The lowest BCUT2D eigenvalue weighted by Crippen LogP contribution is -2.50. The molecule has 1 atom stereocenters. The van der Waals surface area contributed by atoms with Crippen LogP contribution in [0.4, 0.5) is 5.82 Å². The SMILES string of the molecule is CCC(C(=O)N1CCN(Cc2ccc(C)cc2)CC1)n1nc([N+](=O)[O-])cc1C. The fourth-order valence-corrected chi connectivity index (χ4v) is 3.62. The third-order valence-corrected chi connectivity index (χ3v) is 5.27. The number of hydrogen-bond acceptors (Lipinski definition) is 5. The van der Waals surface area contributed by atoms with Crippen LogP contribution in [0.25, 0.3) is 0 Å². The van der Waals surface area contributed by atoms with E-state index in [0.717, 1.165) is 19.6 Å². The Labute approximate surface area is 164 Å². The number of carbonyl (C=O) groups is 1. The van der Waals surface area contributed by atoms with Gasteiger partial charge in [-0.3, -0.25) is 9.69 Å². The van der Waals surface area contributed by atoms with E-state index < -0.39 is 11.0 Å². The van der Waals surface area contributed by atoms with Gasteiger partial charge in [-0.05, 0) is 30.8 Å². The standard InChI is InChI=1S/C20H27N5O3/c1-4-18(24-16(3)13-19(21-24)25(27)28)20(26)23-11-9-22(10-12-23)14-17-7-5-15(2)6-8-17/h5-8,13,18H,4,9-12,14H2,1-3H3. The first kappa shape index (κ1) is 20.0. The van der Waals surface area contributed by atoms with Crippen LogP contribution in [-0.2, 0) is 11.3 Å². The maximum absolute atomic E-state index is 13.0. The van der Waals surface area contributed by atoms with Gasteiger partial charge < -0.3 is 15.0 Å². The second kappa shape index (κ2) is 8.52. The van der Waals surface area contributed by atoms with Crippen LogP contribution in [0, 0.1) is 24.0 Å². The van der Waals surface area contributed by atoms with Gasteiger partial charge in [0.05, 0.1) is 16.9 Å². The first-order valence-corrected chi connectivity index (χ1v) is 9.66. The number of carbonyl (C=O) groups excluding carboxylic acids is 1. The molecule has 0 saturated carbocycles. The van der Waals surface area contributed by atoms with Crippen LogP contribution in [0.1, 0.15) is 36.2 Å². The van der Waals surface area contributed by atoms with Crippen LogP contribution < -0.4 is 0 Å². The van der Waals surface area contributed by atoms with E-state index in [1.54, 1.807) is 6.92 Å². The molecule has 0 spiro atoms. The average molecular weight is 385 g/mol. The predicted octanol–water partition coefficient (Wildman–Crippen LogP) is 2.70. The van der Waals surface area contributed by atoms with Crippen molar-refractivity contribution in [3.8, 4) is 0 Å². The number of nitrogens with zero attached hydrogens (tertiary/aromatic N) is 5. The van der Waals surface area contributed by atoms with Gasteiger partial charge in [-0.25, -0.2) is 0 Å². The average Bonchev–Trinajstić information content (AvgIpc) is 3.07. The maximum atomic E-state index is 13.0. The molecule has 28 heavy (non-hydrogen) atoms. The summed E-state index contributed by atoms with van der Waals surface area (Å²) in [6, 6.07) is 9.44. The number of amides is 1. The van der Waals surface area contributed by atoms with Crippen molar-refractivity contribution < 1.29 is 9.72 Å². The molecule has 3 rings (SSSR count). The Kier molecular flexibility index (Phi) is 6.08. The van der Waals surface area contributed by atoms with Gasteiger partial charge in [0.1, 0.15) is 0 Å². The van der Waals surface area contributed by atoms with E-state index in [-0.39, 0.29) is 11.7 Å². The quantitative estimate of drug-likeness (QED) is 0.564. The zero-order valence-electron chi connectivity index (χ0n) is 16.7. The summed E-state index contributed by atoms with van der Waals surface area (Å²) in [7, 11) is 0. The maximum Gasteiger partial charge on any atom is 0.390 e. The number of aromatic nitrogens is 2. The second-order valence-electron chi connectivity index (χ2n) is 7.36. The normalized spacial score (nSPS) is 16.2. The molecule has 0 aliphatic carbocycles. The fourth-order valence-electron chi connectivity index (χ4n) is 3.62. The van der Waals surface area contributed by atoms with Crippen molar-refractivity contribution in [2.45, 2.75) is 39.8 Å². The van der Waals surface area contributed by atoms with Crippen LogP contribution in [0.15, 0.2) is 30.3 Å².